The molecular weight excluding hydrogens is 444 g/mol. The lowest BCUT2D eigenvalue weighted by atomic mass is 9.95. The molecule has 2 heterocycles. The highest BCUT2D eigenvalue weighted by molar-refractivity contribution is 6.46. The van der Waals surface area contributed by atoms with Crippen molar-refractivity contribution in [3.8, 4) is 11.5 Å². The molecule has 0 saturated carbocycles. The van der Waals surface area contributed by atoms with E-state index in [2.05, 4.69) is 4.98 Å². The highest BCUT2D eigenvalue weighted by Crippen LogP contribution is 2.41. The maximum absolute atomic E-state index is 13.1. The summed E-state index contributed by atoms with van der Waals surface area (Å²) in [6, 6.07) is 14.5. The molecule has 0 aliphatic carbocycles. The van der Waals surface area contributed by atoms with Crippen LogP contribution in [0.15, 0.2) is 72.6 Å². The van der Waals surface area contributed by atoms with Gasteiger partial charge in [-0.15, -0.1) is 0 Å². The van der Waals surface area contributed by atoms with E-state index in [1.165, 1.54) is 18.1 Å². The molecular formula is C25H21ClN2O5. The van der Waals surface area contributed by atoms with Gasteiger partial charge in [-0.25, -0.2) is 0 Å². The summed E-state index contributed by atoms with van der Waals surface area (Å²) in [7, 11) is 3.03. The number of aliphatic hydroxyl groups excluding tert-OH is 1. The molecule has 168 valence electrons. The molecule has 7 nitrogen and oxygen atoms in total. The molecule has 1 aliphatic heterocycles. The first kappa shape index (κ1) is 22.4. The largest absolute Gasteiger partial charge is 0.507 e. The minimum atomic E-state index is -0.795. The van der Waals surface area contributed by atoms with Gasteiger partial charge in [-0.3, -0.25) is 14.6 Å². The van der Waals surface area contributed by atoms with Gasteiger partial charge >= 0.3 is 0 Å². The molecule has 1 amide bonds. The van der Waals surface area contributed by atoms with Gasteiger partial charge in [-0.2, -0.15) is 0 Å². The number of nitrogens with zero attached hydrogens (tertiary/aromatic N) is 2. The van der Waals surface area contributed by atoms with Crippen LogP contribution in [0.2, 0.25) is 5.02 Å². The summed E-state index contributed by atoms with van der Waals surface area (Å²) in [6.45, 7) is 0.169. The molecule has 8 heteroatoms. The second-order valence-corrected chi connectivity index (χ2v) is 7.81. The van der Waals surface area contributed by atoms with Crippen molar-refractivity contribution in [1.82, 2.24) is 9.88 Å². The van der Waals surface area contributed by atoms with Crippen LogP contribution in [-0.4, -0.2) is 40.9 Å². The predicted molar refractivity (Wildman–Crippen MR) is 123 cm³/mol. The van der Waals surface area contributed by atoms with Crippen LogP contribution in [0.1, 0.15) is 22.7 Å². The van der Waals surface area contributed by atoms with Gasteiger partial charge < -0.3 is 19.5 Å². The van der Waals surface area contributed by atoms with Gasteiger partial charge in [-0.1, -0.05) is 23.7 Å². The number of hydrogen-bond donors (Lipinski definition) is 1. The highest BCUT2D eigenvalue weighted by atomic mass is 35.5. The number of amides is 1. The van der Waals surface area contributed by atoms with E-state index in [1.54, 1.807) is 55.9 Å². The number of rotatable bonds is 6. The van der Waals surface area contributed by atoms with Gasteiger partial charge in [-0.05, 0) is 53.6 Å². The van der Waals surface area contributed by atoms with E-state index in [4.69, 9.17) is 21.1 Å². The Morgan fingerprint density at radius 2 is 1.73 bits per heavy atom. The summed E-state index contributed by atoms with van der Waals surface area (Å²) in [4.78, 5) is 31.7. The Kier molecular flexibility index (Phi) is 6.33. The van der Waals surface area contributed by atoms with Crippen LogP contribution in [-0.2, 0) is 16.1 Å². The molecule has 0 spiro atoms. The number of carbonyl (C=O) groups is 2. The van der Waals surface area contributed by atoms with Gasteiger partial charge in [0.15, 0.2) is 0 Å². The number of aliphatic hydroxyl groups is 1. The van der Waals surface area contributed by atoms with Gasteiger partial charge in [0, 0.05) is 24.5 Å². The van der Waals surface area contributed by atoms with E-state index in [-0.39, 0.29) is 17.9 Å². The third kappa shape index (κ3) is 4.27. The maximum atomic E-state index is 13.1. The topological polar surface area (TPSA) is 89.0 Å². The molecule has 0 bridgehead atoms. The van der Waals surface area contributed by atoms with E-state index in [0.717, 1.165) is 5.56 Å². The van der Waals surface area contributed by atoms with Crippen molar-refractivity contribution in [3.63, 3.8) is 0 Å². The number of ether oxygens (including phenoxy) is 2. The summed E-state index contributed by atoms with van der Waals surface area (Å²) >= 11 is 6.10. The monoisotopic (exact) mass is 464 g/mol. The van der Waals surface area contributed by atoms with Crippen molar-refractivity contribution in [2.75, 3.05) is 14.2 Å². The normalized spacial score (nSPS) is 17.3. The molecule has 2 aromatic carbocycles. The fourth-order valence-corrected chi connectivity index (χ4v) is 4.02. The first-order chi connectivity index (χ1) is 15.9. The third-order valence-corrected chi connectivity index (χ3v) is 5.81. The Bertz CT molecular complexity index is 1230. The van der Waals surface area contributed by atoms with E-state index >= 15 is 0 Å². The van der Waals surface area contributed by atoms with Crippen molar-refractivity contribution in [1.29, 1.82) is 0 Å². The summed E-state index contributed by atoms with van der Waals surface area (Å²) in [5.41, 5.74) is 1.77. The van der Waals surface area contributed by atoms with E-state index in [1.807, 2.05) is 12.1 Å². The Labute approximate surface area is 195 Å². The summed E-state index contributed by atoms with van der Waals surface area (Å²) in [5, 5.41) is 11.5. The number of methoxy groups -OCH3 is 2. The second kappa shape index (κ2) is 9.34. The molecule has 1 N–H and O–H groups in total. The quantitative estimate of drug-likeness (QED) is 0.331. The van der Waals surface area contributed by atoms with Crippen molar-refractivity contribution >= 4 is 29.1 Å². The zero-order chi connectivity index (χ0) is 23.5. The maximum Gasteiger partial charge on any atom is 0.295 e. The zero-order valence-corrected chi connectivity index (χ0v) is 18.7. The summed E-state index contributed by atoms with van der Waals surface area (Å²) in [5.74, 6) is -0.744. The molecule has 3 aromatic rings. The van der Waals surface area contributed by atoms with E-state index in [9.17, 15) is 14.7 Å². The smallest absolute Gasteiger partial charge is 0.295 e. The first-order valence-corrected chi connectivity index (χ1v) is 10.5. The van der Waals surface area contributed by atoms with Crippen molar-refractivity contribution in [2.45, 2.75) is 12.6 Å². The average Bonchev–Trinajstić information content (AvgIpc) is 3.10. The average molecular weight is 465 g/mol. The number of carbonyl (C=O) groups excluding carboxylic acids is 2. The number of halogens is 1. The standard InChI is InChI=1S/C25H21ClN2O5/c1-32-18-6-3-15(4-7-18)14-28-22(16-9-11-27-12-10-16)21(24(30)25(28)31)23(29)17-5-8-19(26)20(13-17)33-2/h3-13,22,29H,14H2,1-2H3/b23-21-. The number of Topliss-reactive ketones (excluding diaryl/α,β-unsaturated/α-hetero) is 1. The van der Waals surface area contributed by atoms with Crippen LogP contribution in [0.3, 0.4) is 0 Å². The molecule has 1 saturated heterocycles. The molecule has 1 unspecified atom stereocenters. The predicted octanol–water partition coefficient (Wildman–Crippen LogP) is 4.37. The number of ketones is 1. The lowest BCUT2D eigenvalue weighted by molar-refractivity contribution is -0.140. The molecule has 1 fully saturated rings. The summed E-state index contributed by atoms with van der Waals surface area (Å²) < 4.78 is 10.4. The van der Waals surface area contributed by atoms with E-state index < -0.39 is 17.7 Å². The second-order valence-electron chi connectivity index (χ2n) is 7.40. The lowest BCUT2D eigenvalue weighted by Gasteiger charge is -2.25. The Morgan fingerprint density at radius 3 is 2.36 bits per heavy atom. The SMILES string of the molecule is COc1ccc(CN2C(=O)C(=O)/C(=C(\O)c3ccc(Cl)c(OC)c3)C2c2ccncc2)cc1. The molecule has 1 aromatic heterocycles. The Hall–Kier alpha value is -3.84. The van der Waals surface area contributed by atoms with E-state index in [0.29, 0.717) is 27.6 Å². The van der Waals surface area contributed by atoms with Crippen LogP contribution in [0.4, 0.5) is 0 Å². The van der Waals surface area contributed by atoms with Crippen LogP contribution < -0.4 is 9.47 Å². The number of likely N-dealkylation sites (tertiary alicyclic amines) is 1. The fourth-order valence-electron chi connectivity index (χ4n) is 3.83. The van der Waals surface area contributed by atoms with Gasteiger partial charge in [0.25, 0.3) is 11.7 Å². The zero-order valence-electron chi connectivity index (χ0n) is 18.0. The molecule has 1 atom stereocenters. The number of hydrogen-bond acceptors (Lipinski definition) is 6. The van der Waals surface area contributed by atoms with Gasteiger partial charge in [0.1, 0.15) is 17.3 Å². The highest BCUT2D eigenvalue weighted by Gasteiger charge is 2.46. The molecule has 1 aliphatic rings. The van der Waals surface area contributed by atoms with Crippen LogP contribution in [0, 0.1) is 0 Å². The Morgan fingerprint density at radius 1 is 1.03 bits per heavy atom. The summed E-state index contributed by atoms with van der Waals surface area (Å²) in [6.07, 6.45) is 3.16. The number of benzene rings is 2. The molecule has 0 radical (unpaired) electrons. The number of pyridine rings is 1. The molecule has 4 rings (SSSR count). The third-order valence-electron chi connectivity index (χ3n) is 5.50. The minimum absolute atomic E-state index is 0.0101. The van der Waals surface area contributed by atoms with Crippen LogP contribution >= 0.6 is 11.6 Å². The molecule has 33 heavy (non-hydrogen) atoms. The first-order valence-electron chi connectivity index (χ1n) is 10.1. The Balaban J connectivity index is 1.82. The fraction of sp³-hybridized carbons (Fsp3) is 0.160. The van der Waals surface area contributed by atoms with Crippen LogP contribution in [0.5, 0.6) is 11.5 Å². The van der Waals surface area contributed by atoms with Crippen molar-refractivity contribution in [3.05, 3.63) is 94.3 Å². The van der Waals surface area contributed by atoms with Gasteiger partial charge in [0.2, 0.25) is 0 Å². The van der Waals surface area contributed by atoms with Crippen molar-refractivity contribution in [2.24, 2.45) is 0 Å². The lowest BCUT2D eigenvalue weighted by Crippen LogP contribution is -2.29. The number of aromatic nitrogens is 1. The van der Waals surface area contributed by atoms with Crippen LogP contribution in [0.25, 0.3) is 5.76 Å². The van der Waals surface area contributed by atoms with Gasteiger partial charge in [0.05, 0.1) is 30.9 Å². The minimum Gasteiger partial charge on any atom is -0.507 e. The van der Waals surface area contributed by atoms with Crippen molar-refractivity contribution < 1.29 is 24.2 Å².